The average Bonchev–Trinajstić information content (AvgIpc) is 2.78. The number of esters is 1. The zero-order valence-corrected chi connectivity index (χ0v) is 16.7. The lowest BCUT2D eigenvalue weighted by Gasteiger charge is -2.08. The molecule has 3 rings (SSSR count). The summed E-state index contributed by atoms with van der Waals surface area (Å²) in [6, 6.07) is 20.1. The van der Waals surface area contributed by atoms with Crippen molar-refractivity contribution in [3.8, 4) is 5.75 Å². The van der Waals surface area contributed by atoms with Gasteiger partial charge in [-0.3, -0.25) is 9.59 Å². The summed E-state index contributed by atoms with van der Waals surface area (Å²) in [6.07, 6.45) is 0. The summed E-state index contributed by atoms with van der Waals surface area (Å²) in [5.41, 5.74) is 2.68. The van der Waals surface area contributed by atoms with Crippen LogP contribution in [0.3, 0.4) is 0 Å². The highest BCUT2D eigenvalue weighted by atomic mass is 16.5. The summed E-state index contributed by atoms with van der Waals surface area (Å²) < 4.78 is 10.2. The third kappa shape index (κ3) is 5.32. The van der Waals surface area contributed by atoms with E-state index in [1.54, 1.807) is 54.6 Å². The van der Waals surface area contributed by atoms with Crippen LogP contribution in [-0.4, -0.2) is 31.4 Å². The Hall–Kier alpha value is -3.93. The van der Waals surface area contributed by atoms with E-state index >= 15 is 0 Å². The smallest absolute Gasteiger partial charge is 0.338 e. The number of hydrogen-bond donors (Lipinski definition) is 1. The monoisotopic (exact) mass is 403 g/mol. The van der Waals surface area contributed by atoms with Crippen LogP contribution in [-0.2, 0) is 4.74 Å². The maximum absolute atomic E-state index is 12.3. The van der Waals surface area contributed by atoms with Crippen molar-refractivity contribution in [2.45, 2.75) is 6.92 Å². The molecule has 1 amide bonds. The van der Waals surface area contributed by atoms with E-state index in [0.717, 1.165) is 5.56 Å². The molecule has 0 aromatic heterocycles. The van der Waals surface area contributed by atoms with Crippen LogP contribution >= 0.6 is 0 Å². The molecule has 0 bridgehead atoms. The van der Waals surface area contributed by atoms with Crippen molar-refractivity contribution in [2.24, 2.45) is 0 Å². The largest absolute Gasteiger partial charge is 0.497 e. The number of nitrogens with one attached hydrogen (secondary N) is 1. The molecule has 0 saturated carbocycles. The van der Waals surface area contributed by atoms with Gasteiger partial charge in [-0.2, -0.15) is 0 Å². The van der Waals surface area contributed by atoms with Crippen molar-refractivity contribution in [3.63, 3.8) is 0 Å². The minimum atomic E-state index is -0.650. The van der Waals surface area contributed by atoms with Crippen LogP contribution in [0.1, 0.15) is 36.6 Å². The van der Waals surface area contributed by atoms with Crippen molar-refractivity contribution in [1.82, 2.24) is 0 Å². The van der Waals surface area contributed by atoms with Crippen LogP contribution in [0.25, 0.3) is 0 Å². The summed E-state index contributed by atoms with van der Waals surface area (Å²) in [4.78, 5) is 36.9. The van der Waals surface area contributed by atoms with Gasteiger partial charge in [0.15, 0.2) is 12.4 Å². The number of carbonyl (C=O) groups excluding carboxylic acids is 3. The highest BCUT2D eigenvalue weighted by Gasteiger charge is 2.13. The maximum atomic E-state index is 12.3. The van der Waals surface area contributed by atoms with Gasteiger partial charge in [0.1, 0.15) is 5.75 Å². The van der Waals surface area contributed by atoms with Gasteiger partial charge in [-0.05, 0) is 61.5 Å². The van der Waals surface area contributed by atoms with Crippen LogP contribution in [0.2, 0.25) is 0 Å². The molecule has 0 atom stereocenters. The molecule has 0 unspecified atom stereocenters. The first kappa shape index (κ1) is 20.8. The van der Waals surface area contributed by atoms with Crippen LogP contribution in [0.5, 0.6) is 5.75 Å². The van der Waals surface area contributed by atoms with Gasteiger partial charge >= 0.3 is 5.97 Å². The van der Waals surface area contributed by atoms with Crippen molar-refractivity contribution < 1.29 is 23.9 Å². The lowest BCUT2D eigenvalue weighted by molar-refractivity contribution is 0.0474. The van der Waals surface area contributed by atoms with Gasteiger partial charge in [0.05, 0.1) is 12.7 Å². The predicted octanol–water partition coefficient (Wildman–Crippen LogP) is 4.30. The highest BCUT2D eigenvalue weighted by Crippen LogP contribution is 2.15. The summed E-state index contributed by atoms with van der Waals surface area (Å²) in [7, 11) is 1.54. The molecule has 6 nitrogen and oxygen atoms in total. The van der Waals surface area contributed by atoms with Gasteiger partial charge in [-0.25, -0.2) is 4.79 Å². The third-order valence-corrected chi connectivity index (χ3v) is 4.42. The predicted molar refractivity (Wildman–Crippen MR) is 113 cm³/mol. The molecule has 3 aromatic rings. The minimum absolute atomic E-state index is 0.235. The number of Topliss-reactive ketones (excluding diaryl/α,β-unsaturated/α-hetero) is 1. The number of ether oxygens (including phenoxy) is 2. The molecule has 0 fully saturated rings. The molecule has 0 saturated heterocycles. The molecular weight excluding hydrogens is 382 g/mol. The number of rotatable bonds is 7. The Morgan fingerprint density at radius 2 is 1.50 bits per heavy atom. The quantitative estimate of drug-likeness (QED) is 0.470. The van der Waals surface area contributed by atoms with Crippen molar-refractivity contribution in [1.29, 1.82) is 0 Å². The van der Waals surface area contributed by atoms with E-state index in [4.69, 9.17) is 9.47 Å². The number of carbonyl (C=O) groups is 3. The van der Waals surface area contributed by atoms with Gasteiger partial charge in [-0.15, -0.1) is 0 Å². The van der Waals surface area contributed by atoms with Crippen molar-refractivity contribution in [2.75, 3.05) is 19.0 Å². The van der Waals surface area contributed by atoms with Crippen molar-refractivity contribution >= 4 is 23.3 Å². The van der Waals surface area contributed by atoms with Gasteiger partial charge < -0.3 is 14.8 Å². The molecule has 1 N–H and O–H groups in total. The van der Waals surface area contributed by atoms with E-state index in [-0.39, 0.29) is 23.9 Å². The van der Waals surface area contributed by atoms with E-state index in [1.165, 1.54) is 13.2 Å². The number of aryl methyl sites for hydroxylation is 1. The van der Waals surface area contributed by atoms with Crippen LogP contribution in [0.15, 0.2) is 72.8 Å². The van der Waals surface area contributed by atoms with Gasteiger partial charge in [0.25, 0.3) is 5.91 Å². The molecular formula is C24H21NO5. The summed E-state index contributed by atoms with van der Waals surface area (Å²) >= 11 is 0. The number of hydrogen-bond acceptors (Lipinski definition) is 5. The lowest BCUT2D eigenvalue weighted by Crippen LogP contribution is -2.15. The third-order valence-electron chi connectivity index (χ3n) is 4.42. The molecule has 3 aromatic carbocycles. The number of anilines is 1. The highest BCUT2D eigenvalue weighted by molar-refractivity contribution is 6.05. The van der Waals surface area contributed by atoms with E-state index in [9.17, 15) is 14.4 Å². The molecule has 0 radical (unpaired) electrons. The maximum Gasteiger partial charge on any atom is 0.338 e. The molecule has 0 aliphatic heterocycles. The summed E-state index contributed by atoms with van der Waals surface area (Å²) in [6.45, 7) is 1.56. The number of amides is 1. The first-order valence-electron chi connectivity index (χ1n) is 9.29. The molecule has 30 heavy (non-hydrogen) atoms. The summed E-state index contributed by atoms with van der Waals surface area (Å²) in [5.74, 6) is -0.624. The topological polar surface area (TPSA) is 81.7 Å². The normalized spacial score (nSPS) is 10.2. The molecule has 0 aliphatic carbocycles. The second kappa shape index (κ2) is 9.52. The van der Waals surface area contributed by atoms with Crippen LogP contribution in [0.4, 0.5) is 5.69 Å². The molecule has 0 spiro atoms. The Morgan fingerprint density at radius 1 is 0.833 bits per heavy atom. The van der Waals surface area contributed by atoms with Crippen LogP contribution in [0, 0.1) is 6.92 Å². The van der Waals surface area contributed by atoms with Crippen LogP contribution < -0.4 is 10.1 Å². The average molecular weight is 403 g/mol. The molecule has 0 aliphatic rings. The Bertz CT molecular complexity index is 1060. The number of benzene rings is 3. The lowest BCUT2D eigenvalue weighted by atomic mass is 10.1. The van der Waals surface area contributed by atoms with E-state index in [1.807, 2.05) is 19.1 Å². The zero-order chi connectivity index (χ0) is 21.5. The number of methoxy groups -OCH3 is 1. The first-order chi connectivity index (χ1) is 14.5. The Kier molecular flexibility index (Phi) is 6.60. The number of ketones is 1. The fourth-order valence-corrected chi connectivity index (χ4v) is 2.71. The Labute approximate surface area is 174 Å². The zero-order valence-electron chi connectivity index (χ0n) is 16.7. The Morgan fingerprint density at radius 3 is 2.17 bits per heavy atom. The molecule has 6 heteroatoms. The molecule has 152 valence electrons. The van der Waals surface area contributed by atoms with Gasteiger partial charge in [-0.1, -0.05) is 23.8 Å². The van der Waals surface area contributed by atoms with E-state index in [2.05, 4.69) is 5.32 Å². The Balaban J connectivity index is 1.60. The standard InChI is InChI=1S/C24H21NO5/c1-16-6-8-18(9-7-16)23(27)25-20-5-3-4-19(14-20)24(28)30-15-22(26)17-10-12-21(29-2)13-11-17/h3-14H,15H2,1-2H3,(H,25,27). The van der Waals surface area contributed by atoms with Gasteiger partial charge in [0.2, 0.25) is 0 Å². The fraction of sp³-hybridized carbons (Fsp3) is 0.125. The first-order valence-corrected chi connectivity index (χ1v) is 9.29. The fourth-order valence-electron chi connectivity index (χ4n) is 2.71. The van der Waals surface area contributed by atoms with Gasteiger partial charge in [0, 0.05) is 16.8 Å². The second-order valence-corrected chi connectivity index (χ2v) is 6.63. The minimum Gasteiger partial charge on any atom is -0.497 e. The van der Waals surface area contributed by atoms with Crippen molar-refractivity contribution in [3.05, 3.63) is 95.1 Å². The molecule has 0 heterocycles. The summed E-state index contributed by atoms with van der Waals surface area (Å²) in [5, 5.41) is 2.75. The van der Waals surface area contributed by atoms with E-state index in [0.29, 0.717) is 22.6 Å². The van der Waals surface area contributed by atoms with E-state index < -0.39 is 5.97 Å². The SMILES string of the molecule is COc1ccc(C(=O)COC(=O)c2cccc(NC(=O)c3ccc(C)cc3)c2)cc1. The second-order valence-electron chi connectivity index (χ2n) is 6.63.